The molecule has 0 aromatic heterocycles. The van der Waals surface area contributed by atoms with Crippen molar-refractivity contribution in [3.05, 3.63) is 57.0 Å². The van der Waals surface area contributed by atoms with Crippen LogP contribution in [-0.4, -0.2) is 12.6 Å². The molecule has 0 aliphatic rings. The van der Waals surface area contributed by atoms with Crippen LogP contribution < -0.4 is 10.1 Å². The SMILES string of the molecule is CCC(C)c1ccccc1OC(C)CNc1cc(Cl)c(Cl)cc1Cl. The summed E-state index contributed by atoms with van der Waals surface area (Å²) in [4.78, 5) is 0. The van der Waals surface area contributed by atoms with Crippen molar-refractivity contribution in [3.8, 4) is 5.75 Å². The Morgan fingerprint density at radius 1 is 1.00 bits per heavy atom. The molecule has 0 saturated carbocycles. The molecule has 2 aromatic rings. The van der Waals surface area contributed by atoms with Crippen molar-refractivity contribution >= 4 is 40.5 Å². The molecule has 0 bridgehead atoms. The monoisotopic (exact) mass is 385 g/mol. The topological polar surface area (TPSA) is 21.3 Å². The van der Waals surface area contributed by atoms with Crippen LogP contribution >= 0.6 is 34.8 Å². The zero-order chi connectivity index (χ0) is 17.7. The van der Waals surface area contributed by atoms with Gasteiger partial charge in [-0.15, -0.1) is 0 Å². The highest BCUT2D eigenvalue weighted by Gasteiger charge is 2.13. The van der Waals surface area contributed by atoms with Gasteiger partial charge in [0, 0.05) is 0 Å². The molecule has 2 unspecified atom stereocenters. The third-order valence-corrected chi connectivity index (χ3v) is 5.02. The van der Waals surface area contributed by atoms with Crippen LogP contribution in [0.15, 0.2) is 36.4 Å². The number of rotatable bonds is 7. The van der Waals surface area contributed by atoms with Gasteiger partial charge in [0.05, 0.1) is 27.3 Å². The van der Waals surface area contributed by atoms with Gasteiger partial charge in [0.2, 0.25) is 0 Å². The zero-order valence-electron chi connectivity index (χ0n) is 14.1. The van der Waals surface area contributed by atoms with E-state index < -0.39 is 0 Å². The second kappa shape index (κ2) is 8.84. The van der Waals surface area contributed by atoms with Gasteiger partial charge in [0.1, 0.15) is 11.9 Å². The molecule has 130 valence electrons. The second-order valence-corrected chi connectivity index (χ2v) is 7.12. The van der Waals surface area contributed by atoms with E-state index in [4.69, 9.17) is 39.5 Å². The van der Waals surface area contributed by atoms with Gasteiger partial charge >= 0.3 is 0 Å². The van der Waals surface area contributed by atoms with E-state index in [2.05, 4.69) is 25.2 Å². The molecule has 0 aliphatic carbocycles. The first-order valence-corrected chi connectivity index (χ1v) is 9.19. The number of nitrogens with one attached hydrogen (secondary N) is 1. The maximum absolute atomic E-state index is 6.18. The molecule has 1 N–H and O–H groups in total. The first-order valence-electron chi connectivity index (χ1n) is 8.06. The maximum atomic E-state index is 6.18. The van der Waals surface area contributed by atoms with Crippen LogP contribution in [-0.2, 0) is 0 Å². The number of halogens is 3. The van der Waals surface area contributed by atoms with Crippen molar-refractivity contribution < 1.29 is 4.74 Å². The van der Waals surface area contributed by atoms with Crippen LogP contribution in [0.2, 0.25) is 15.1 Å². The Bertz CT molecular complexity index is 690. The number of hydrogen-bond donors (Lipinski definition) is 1. The maximum Gasteiger partial charge on any atom is 0.123 e. The molecule has 2 aromatic carbocycles. The van der Waals surface area contributed by atoms with Crippen molar-refractivity contribution in [1.29, 1.82) is 0 Å². The van der Waals surface area contributed by atoms with E-state index in [9.17, 15) is 0 Å². The number of para-hydroxylation sites is 1. The van der Waals surface area contributed by atoms with Crippen LogP contribution in [0.5, 0.6) is 5.75 Å². The minimum Gasteiger partial charge on any atom is -0.489 e. The minimum absolute atomic E-state index is 0.0271. The smallest absolute Gasteiger partial charge is 0.123 e. The van der Waals surface area contributed by atoms with Crippen molar-refractivity contribution in [3.63, 3.8) is 0 Å². The van der Waals surface area contributed by atoms with Gasteiger partial charge in [0.15, 0.2) is 0 Å². The summed E-state index contributed by atoms with van der Waals surface area (Å²) in [5.74, 6) is 1.40. The fourth-order valence-electron chi connectivity index (χ4n) is 2.39. The molecule has 2 nitrogen and oxygen atoms in total. The average molecular weight is 387 g/mol. The predicted molar refractivity (Wildman–Crippen MR) is 105 cm³/mol. The standard InChI is InChI=1S/C19H22Cl3NO/c1-4-12(2)14-7-5-6-8-19(14)24-13(3)11-23-18-10-16(21)15(20)9-17(18)22/h5-10,12-13,23H,4,11H2,1-3H3. The Kier molecular flexibility index (Phi) is 7.09. The largest absolute Gasteiger partial charge is 0.489 e. The molecular formula is C19H22Cl3NO. The summed E-state index contributed by atoms with van der Waals surface area (Å²) in [6, 6.07) is 11.6. The van der Waals surface area contributed by atoms with Crippen molar-refractivity contribution in [1.82, 2.24) is 0 Å². The Balaban J connectivity index is 2.02. The molecule has 0 heterocycles. The fourth-order valence-corrected chi connectivity index (χ4v) is 3.00. The molecular weight excluding hydrogens is 365 g/mol. The van der Waals surface area contributed by atoms with Gasteiger partial charge in [0.25, 0.3) is 0 Å². The van der Waals surface area contributed by atoms with E-state index >= 15 is 0 Å². The van der Waals surface area contributed by atoms with Crippen LogP contribution in [0.3, 0.4) is 0 Å². The summed E-state index contributed by atoms with van der Waals surface area (Å²) in [6.07, 6.45) is 1.05. The summed E-state index contributed by atoms with van der Waals surface area (Å²) >= 11 is 18.2. The number of ether oxygens (including phenoxy) is 1. The lowest BCUT2D eigenvalue weighted by atomic mass is 9.98. The van der Waals surface area contributed by atoms with E-state index in [-0.39, 0.29) is 6.10 Å². The van der Waals surface area contributed by atoms with E-state index in [1.54, 1.807) is 12.1 Å². The molecule has 0 aliphatic heterocycles. The lowest BCUT2D eigenvalue weighted by molar-refractivity contribution is 0.231. The lowest BCUT2D eigenvalue weighted by Gasteiger charge is -2.21. The highest BCUT2D eigenvalue weighted by molar-refractivity contribution is 6.44. The number of hydrogen-bond acceptors (Lipinski definition) is 2. The first kappa shape index (κ1) is 19.2. The second-order valence-electron chi connectivity index (χ2n) is 5.90. The quantitative estimate of drug-likeness (QED) is 0.515. The average Bonchev–Trinajstić information content (AvgIpc) is 2.56. The third kappa shape index (κ3) is 4.95. The number of benzene rings is 2. The third-order valence-electron chi connectivity index (χ3n) is 3.98. The van der Waals surface area contributed by atoms with E-state index in [0.717, 1.165) is 17.9 Å². The van der Waals surface area contributed by atoms with E-state index in [1.165, 1.54) is 5.56 Å². The highest BCUT2D eigenvalue weighted by atomic mass is 35.5. The fraction of sp³-hybridized carbons (Fsp3) is 0.368. The van der Waals surface area contributed by atoms with Gasteiger partial charge in [-0.3, -0.25) is 0 Å². The Hall–Kier alpha value is -1.09. The molecule has 0 spiro atoms. The summed E-state index contributed by atoms with van der Waals surface area (Å²) < 4.78 is 6.12. The van der Waals surface area contributed by atoms with Gasteiger partial charge < -0.3 is 10.1 Å². The van der Waals surface area contributed by atoms with E-state index in [1.807, 2.05) is 25.1 Å². The molecule has 24 heavy (non-hydrogen) atoms. The molecule has 0 saturated heterocycles. The van der Waals surface area contributed by atoms with Crippen molar-refractivity contribution in [2.75, 3.05) is 11.9 Å². The van der Waals surface area contributed by atoms with Crippen LogP contribution in [0.1, 0.15) is 38.7 Å². The number of anilines is 1. The summed E-state index contributed by atoms with van der Waals surface area (Å²) in [5, 5.41) is 4.72. The summed E-state index contributed by atoms with van der Waals surface area (Å²) in [5.41, 5.74) is 1.98. The van der Waals surface area contributed by atoms with Crippen LogP contribution in [0.4, 0.5) is 5.69 Å². The van der Waals surface area contributed by atoms with Crippen LogP contribution in [0, 0.1) is 0 Å². The minimum atomic E-state index is -0.0271. The molecule has 0 radical (unpaired) electrons. The van der Waals surface area contributed by atoms with Gasteiger partial charge in [-0.2, -0.15) is 0 Å². The molecule has 2 atom stereocenters. The van der Waals surface area contributed by atoms with E-state index in [0.29, 0.717) is 27.5 Å². The lowest BCUT2D eigenvalue weighted by Crippen LogP contribution is -2.23. The predicted octanol–water partition coefficient (Wildman–Crippen LogP) is 7.04. The highest BCUT2D eigenvalue weighted by Crippen LogP contribution is 2.32. The van der Waals surface area contributed by atoms with Gasteiger partial charge in [-0.1, -0.05) is 66.8 Å². The Morgan fingerprint density at radius 2 is 1.67 bits per heavy atom. The normalized spacial score (nSPS) is 13.4. The van der Waals surface area contributed by atoms with Crippen LogP contribution in [0.25, 0.3) is 0 Å². The Labute approximate surface area is 159 Å². The van der Waals surface area contributed by atoms with Gasteiger partial charge in [-0.25, -0.2) is 0 Å². The molecule has 2 rings (SSSR count). The first-order chi connectivity index (χ1) is 11.4. The van der Waals surface area contributed by atoms with Gasteiger partial charge in [-0.05, 0) is 43.0 Å². The molecule has 0 amide bonds. The molecule has 5 heteroatoms. The summed E-state index contributed by atoms with van der Waals surface area (Å²) in [7, 11) is 0. The van der Waals surface area contributed by atoms with Crippen molar-refractivity contribution in [2.24, 2.45) is 0 Å². The molecule has 0 fully saturated rings. The zero-order valence-corrected chi connectivity index (χ0v) is 16.3. The summed E-state index contributed by atoms with van der Waals surface area (Å²) in [6.45, 7) is 7.01. The Morgan fingerprint density at radius 3 is 2.38 bits per heavy atom. The van der Waals surface area contributed by atoms with Crippen molar-refractivity contribution in [2.45, 2.75) is 39.2 Å².